The molecule has 4 rings (SSSR count). The van der Waals surface area contributed by atoms with Crippen molar-refractivity contribution in [3.05, 3.63) is 78.6 Å². The number of rotatable bonds is 4. The fourth-order valence-electron chi connectivity index (χ4n) is 2.66. The molecule has 0 saturated heterocycles. The summed E-state index contributed by atoms with van der Waals surface area (Å²) >= 11 is 0. The van der Waals surface area contributed by atoms with Crippen LogP contribution in [0.2, 0.25) is 0 Å². The average molecular weight is 372 g/mol. The summed E-state index contributed by atoms with van der Waals surface area (Å²) in [7, 11) is 0. The van der Waals surface area contributed by atoms with Gasteiger partial charge >= 0.3 is 6.03 Å². The molecule has 0 spiro atoms. The average Bonchev–Trinajstić information content (AvgIpc) is 3.16. The highest BCUT2D eigenvalue weighted by Gasteiger charge is 2.10. The van der Waals surface area contributed by atoms with E-state index in [1.54, 1.807) is 54.9 Å². The van der Waals surface area contributed by atoms with Crippen molar-refractivity contribution in [2.75, 3.05) is 16.0 Å². The highest BCUT2D eigenvalue weighted by Crippen LogP contribution is 2.17. The van der Waals surface area contributed by atoms with Crippen LogP contribution in [0.5, 0.6) is 0 Å². The number of hydrogen-bond donors (Lipinski definition) is 4. The maximum Gasteiger partial charge on any atom is 0.323 e. The van der Waals surface area contributed by atoms with Crippen LogP contribution in [-0.4, -0.2) is 27.1 Å². The van der Waals surface area contributed by atoms with Crippen molar-refractivity contribution in [3.63, 3.8) is 0 Å². The van der Waals surface area contributed by atoms with E-state index in [0.717, 1.165) is 5.39 Å². The van der Waals surface area contributed by atoms with E-state index in [0.29, 0.717) is 28.3 Å². The van der Waals surface area contributed by atoms with Gasteiger partial charge in [-0.25, -0.2) is 9.78 Å². The number of aromatic amines is 1. The normalized spacial score (nSPS) is 10.4. The van der Waals surface area contributed by atoms with E-state index in [2.05, 4.69) is 31.1 Å². The van der Waals surface area contributed by atoms with Gasteiger partial charge in [0.25, 0.3) is 5.91 Å². The monoisotopic (exact) mass is 372 g/mol. The first kappa shape index (κ1) is 17.2. The molecule has 0 unspecified atom stereocenters. The number of anilines is 3. The molecule has 3 amide bonds. The van der Waals surface area contributed by atoms with Crippen LogP contribution in [0.15, 0.2) is 73.1 Å². The van der Waals surface area contributed by atoms with Crippen LogP contribution < -0.4 is 16.0 Å². The van der Waals surface area contributed by atoms with E-state index in [1.165, 1.54) is 0 Å². The second-order valence-corrected chi connectivity index (χ2v) is 6.01. The zero-order valence-electron chi connectivity index (χ0n) is 14.6. The lowest BCUT2D eigenvalue weighted by molar-refractivity contribution is 0.102. The Labute approximate surface area is 160 Å². The topological polar surface area (TPSA) is 112 Å². The molecule has 4 N–H and O–H groups in total. The highest BCUT2D eigenvalue weighted by atomic mass is 16.2. The van der Waals surface area contributed by atoms with Crippen molar-refractivity contribution in [1.29, 1.82) is 0 Å². The Bertz CT molecular complexity index is 1140. The lowest BCUT2D eigenvalue weighted by Crippen LogP contribution is -2.20. The SMILES string of the molecule is O=C(Nc1ccccc1)Nc1cccc(C(=O)Nc2cnc3[nH]ncc3c2)c1. The van der Waals surface area contributed by atoms with E-state index >= 15 is 0 Å². The molecule has 4 aromatic rings. The molecule has 8 heteroatoms. The molecule has 0 saturated carbocycles. The maximum atomic E-state index is 12.5. The first-order valence-corrected chi connectivity index (χ1v) is 8.51. The van der Waals surface area contributed by atoms with E-state index in [-0.39, 0.29) is 5.91 Å². The third kappa shape index (κ3) is 3.96. The fourth-order valence-corrected chi connectivity index (χ4v) is 2.66. The van der Waals surface area contributed by atoms with Gasteiger partial charge in [-0.15, -0.1) is 0 Å². The Kier molecular flexibility index (Phi) is 4.67. The number of H-pyrrole nitrogens is 1. The number of carbonyl (C=O) groups is 2. The molecule has 0 atom stereocenters. The van der Waals surface area contributed by atoms with Gasteiger partial charge in [-0.05, 0) is 36.4 Å². The summed E-state index contributed by atoms with van der Waals surface area (Å²) in [6.45, 7) is 0. The summed E-state index contributed by atoms with van der Waals surface area (Å²) in [6, 6.07) is 17.2. The Morgan fingerprint density at radius 2 is 1.57 bits per heavy atom. The number of para-hydroxylation sites is 1. The first-order chi connectivity index (χ1) is 13.7. The number of amides is 3. The molecule has 8 nitrogen and oxygen atoms in total. The standard InChI is InChI=1S/C20H16N6O2/c27-19(23-17-10-14-11-22-26-18(14)21-12-17)13-5-4-8-16(9-13)25-20(28)24-15-6-2-1-3-7-15/h1-12H,(H,23,27)(H,21,22,26)(H2,24,25,28). The zero-order chi connectivity index (χ0) is 19.3. The third-order valence-electron chi connectivity index (χ3n) is 3.96. The number of fused-ring (bicyclic) bond motifs is 1. The summed E-state index contributed by atoms with van der Waals surface area (Å²) in [6.07, 6.45) is 3.18. The van der Waals surface area contributed by atoms with Crippen LogP contribution in [0.3, 0.4) is 0 Å². The predicted octanol–water partition coefficient (Wildman–Crippen LogP) is 3.85. The third-order valence-corrected chi connectivity index (χ3v) is 3.96. The van der Waals surface area contributed by atoms with Crippen molar-refractivity contribution in [3.8, 4) is 0 Å². The quantitative estimate of drug-likeness (QED) is 0.436. The number of benzene rings is 2. The summed E-state index contributed by atoms with van der Waals surface area (Å²) < 4.78 is 0. The van der Waals surface area contributed by atoms with Gasteiger partial charge in [-0.3, -0.25) is 9.89 Å². The number of aromatic nitrogens is 3. The predicted molar refractivity (Wildman–Crippen MR) is 107 cm³/mol. The highest BCUT2D eigenvalue weighted by molar-refractivity contribution is 6.06. The second-order valence-electron chi connectivity index (χ2n) is 6.01. The summed E-state index contributed by atoms with van der Waals surface area (Å²) in [4.78, 5) is 28.8. The van der Waals surface area contributed by atoms with Crippen molar-refractivity contribution in [2.45, 2.75) is 0 Å². The molecule has 0 fully saturated rings. The van der Waals surface area contributed by atoms with Crippen molar-refractivity contribution in [1.82, 2.24) is 15.2 Å². The molecule has 0 aliphatic heterocycles. The molecule has 2 aromatic carbocycles. The zero-order valence-corrected chi connectivity index (χ0v) is 14.6. The molecule has 138 valence electrons. The lowest BCUT2D eigenvalue weighted by Gasteiger charge is -2.09. The molecule has 0 radical (unpaired) electrons. The van der Waals surface area contributed by atoms with Crippen molar-refractivity contribution in [2.24, 2.45) is 0 Å². The van der Waals surface area contributed by atoms with Gasteiger partial charge in [0, 0.05) is 22.3 Å². The Hall–Kier alpha value is -4.20. The second kappa shape index (κ2) is 7.58. The lowest BCUT2D eigenvalue weighted by atomic mass is 10.2. The Morgan fingerprint density at radius 3 is 2.43 bits per heavy atom. The van der Waals surface area contributed by atoms with E-state index in [9.17, 15) is 9.59 Å². The van der Waals surface area contributed by atoms with Gasteiger partial charge in [-0.1, -0.05) is 24.3 Å². The van der Waals surface area contributed by atoms with E-state index in [1.807, 2.05) is 18.2 Å². The number of urea groups is 1. The molecule has 2 aromatic heterocycles. The van der Waals surface area contributed by atoms with Gasteiger partial charge in [0.2, 0.25) is 0 Å². The van der Waals surface area contributed by atoms with Gasteiger partial charge in [-0.2, -0.15) is 5.10 Å². The number of nitrogens with one attached hydrogen (secondary N) is 4. The molecular weight excluding hydrogens is 356 g/mol. The van der Waals surface area contributed by atoms with Crippen LogP contribution in [0.4, 0.5) is 21.9 Å². The van der Waals surface area contributed by atoms with Crippen molar-refractivity contribution < 1.29 is 9.59 Å². The van der Waals surface area contributed by atoms with Gasteiger partial charge in [0.05, 0.1) is 18.1 Å². The molecule has 28 heavy (non-hydrogen) atoms. The van der Waals surface area contributed by atoms with Gasteiger partial charge in [0.15, 0.2) is 5.65 Å². The van der Waals surface area contributed by atoms with Crippen LogP contribution in [-0.2, 0) is 0 Å². The molecule has 2 heterocycles. The number of hydrogen-bond acceptors (Lipinski definition) is 4. The number of pyridine rings is 1. The molecule has 0 aliphatic carbocycles. The number of nitrogens with zero attached hydrogens (tertiary/aromatic N) is 2. The van der Waals surface area contributed by atoms with Crippen LogP contribution >= 0.6 is 0 Å². The minimum atomic E-state index is -0.390. The fraction of sp³-hybridized carbons (Fsp3) is 0. The van der Waals surface area contributed by atoms with Crippen LogP contribution in [0.25, 0.3) is 11.0 Å². The minimum absolute atomic E-state index is 0.309. The van der Waals surface area contributed by atoms with E-state index in [4.69, 9.17) is 0 Å². The smallest absolute Gasteiger partial charge is 0.321 e. The maximum absolute atomic E-state index is 12.5. The Balaban J connectivity index is 1.43. The van der Waals surface area contributed by atoms with Gasteiger partial charge in [0.1, 0.15) is 0 Å². The summed E-state index contributed by atoms with van der Waals surface area (Å²) in [5.41, 5.74) is 2.79. The number of carbonyl (C=O) groups excluding carboxylic acids is 2. The largest absolute Gasteiger partial charge is 0.323 e. The minimum Gasteiger partial charge on any atom is -0.321 e. The van der Waals surface area contributed by atoms with Crippen LogP contribution in [0, 0.1) is 0 Å². The summed E-state index contributed by atoms with van der Waals surface area (Å²) in [5, 5.41) is 15.7. The van der Waals surface area contributed by atoms with Gasteiger partial charge < -0.3 is 16.0 Å². The van der Waals surface area contributed by atoms with E-state index < -0.39 is 6.03 Å². The summed E-state index contributed by atoms with van der Waals surface area (Å²) in [5.74, 6) is -0.309. The Morgan fingerprint density at radius 1 is 0.786 bits per heavy atom. The van der Waals surface area contributed by atoms with Crippen molar-refractivity contribution >= 4 is 40.0 Å². The first-order valence-electron chi connectivity index (χ1n) is 8.51. The molecule has 0 bridgehead atoms. The molecular formula is C20H16N6O2. The van der Waals surface area contributed by atoms with Crippen LogP contribution in [0.1, 0.15) is 10.4 Å². The molecule has 0 aliphatic rings.